The second kappa shape index (κ2) is 5.96. The van der Waals surface area contributed by atoms with Crippen LogP contribution in [0.1, 0.15) is 44.3 Å². The second-order valence-electron chi connectivity index (χ2n) is 5.11. The molecular formula is C14H21N3O. The number of hydrogen-bond acceptors (Lipinski definition) is 3. The van der Waals surface area contributed by atoms with Gasteiger partial charge in [0, 0.05) is 18.2 Å². The number of nitrogens with zero attached hydrogens (tertiary/aromatic N) is 1. The summed E-state index contributed by atoms with van der Waals surface area (Å²) in [6.07, 6.45) is 5.60. The van der Waals surface area contributed by atoms with E-state index < -0.39 is 0 Å². The minimum Gasteiger partial charge on any atom is -0.348 e. The maximum Gasteiger partial charge on any atom is 0.223 e. The molecule has 0 bridgehead atoms. The van der Waals surface area contributed by atoms with E-state index in [0.29, 0.717) is 0 Å². The molecule has 4 nitrogen and oxygen atoms in total. The largest absolute Gasteiger partial charge is 0.348 e. The Bertz CT molecular complexity index is 393. The maximum atomic E-state index is 12.1. The molecule has 0 spiro atoms. The lowest BCUT2D eigenvalue weighted by molar-refractivity contribution is -0.126. The lowest BCUT2D eigenvalue weighted by Gasteiger charge is -2.26. The summed E-state index contributed by atoms with van der Waals surface area (Å²) in [6, 6.07) is 5.87. The van der Waals surface area contributed by atoms with Crippen molar-refractivity contribution in [1.82, 2.24) is 10.3 Å². The summed E-state index contributed by atoms with van der Waals surface area (Å²) in [5, 5.41) is 3.03. The average Bonchev–Trinajstić information content (AvgIpc) is 2.39. The third-order valence-electron chi connectivity index (χ3n) is 3.58. The van der Waals surface area contributed by atoms with Gasteiger partial charge >= 0.3 is 0 Å². The van der Waals surface area contributed by atoms with Crippen LogP contribution in [0.25, 0.3) is 0 Å². The van der Waals surface area contributed by atoms with Crippen LogP contribution >= 0.6 is 0 Å². The Hall–Kier alpha value is -1.42. The van der Waals surface area contributed by atoms with Crippen molar-refractivity contribution in [1.29, 1.82) is 0 Å². The topological polar surface area (TPSA) is 68.0 Å². The highest BCUT2D eigenvalue weighted by atomic mass is 16.1. The van der Waals surface area contributed by atoms with E-state index in [-0.39, 0.29) is 23.9 Å². The number of nitrogens with one attached hydrogen (secondary N) is 1. The van der Waals surface area contributed by atoms with E-state index in [4.69, 9.17) is 5.73 Å². The number of rotatable bonds is 3. The van der Waals surface area contributed by atoms with Crippen LogP contribution in [-0.4, -0.2) is 16.9 Å². The standard InChI is InChI=1S/C14H21N3O/c1-10(13-7-2-3-8-16-13)17-14(18)11-5-4-6-12(15)9-11/h2-3,7-8,10-12H,4-6,9,15H2,1H3,(H,17,18). The predicted molar refractivity (Wildman–Crippen MR) is 70.7 cm³/mol. The predicted octanol–water partition coefficient (Wildman–Crippen LogP) is 1.78. The number of aromatic nitrogens is 1. The summed E-state index contributed by atoms with van der Waals surface area (Å²) in [5.74, 6) is 0.184. The molecule has 3 atom stereocenters. The highest BCUT2D eigenvalue weighted by molar-refractivity contribution is 5.79. The molecule has 1 saturated carbocycles. The Morgan fingerprint density at radius 2 is 2.33 bits per heavy atom. The first-order valence-corrected chi connectivity index (χ1v) is 6.63. The molecule has 1 aliphatic rings. The Kier molecular flexibility index (Phi) is 4.31. The van der Waals surface area contributed by atoms with Crippen LogP contribution in [0.2, 0.25) is 0 Å². The normalized spacial score (nSPS) is 25.4. The molecule has 1 aliphatic carbocycles. The summed E-state index contributed by atoms with van der Waals surface area (Å²) in [7, 11) is 0. The van der Waals surface area contributed by atoms with Crippen molar-refractivity contribution >= 4 is 5.91 Å². The van der Waals surface area contributed by atoms with Crippen molar-refractivity contribution in [2.75, 3.05) is 0 Å². The molecule has 0 radical (unpaired) electrons. The van der Waals surface area contributed by atoms with E-state index in [1.807, 2.05) is 25.1 Å². The molecule has 1 fully saturated rings. The summed E-state index contributed by atoms with van der Waals surface area (Å²) in [4.78, 5) is 16.4. The van der Waals surface area contributed by atoms with Crippen molar-refractivity contribution in [3.63, 3.8) is 0 Å². The van der Waals surface area contributed by atoms with Crippen LogP contribution in [-0.2, 0) is 4.79 Å². The Labute approximate surface area is 108 Å². The van der Waals surface area contributed by atoms with E-state index in [1.165, 1.54) is 0 Å². The fraction of sp³-hybridized carbons (Fsp3) is 0.571. The van der Waals surface area contributed by atoms with Gasteiger partial charge in [0.1, 0.15) is 0 Å². The summed E-state index contributed by atoms with van der Waals surface area (Å²) in [6.45, 7) is 1.96. The minimum atomic E-state index is -0.0446. The van der Waals surface area contributed by atoms with Gasteiger partial charge in [0.05, 0.1) is 11.7 Å². The molecule has 4 heteroatoms. The monoisotopic (exact) mass is 247 g/mol. The van der Waals surface area contributed by atoms with Gasteiger partial charge in [0.2, 0.25) is 5.91 Å². The quantitative estimate of drug-likeness (QED) is 0.855. The van der Waals surface area contributed by atoms with Gasteiger partial charge in [-0.1, -0.05) is 12.5 Å². The minimum absolute atomic E-state index is 0.0446. The average molecular weight is 247 g/mol. The number of carbonyl (C=O) groups is 1. The number of pyridine rings is 1. The fourth-order valence-corrected chi connectivity index (χ4v) is 2.50. The Balaban J connectivity index is 1.91. The molecule has 1 heterocycles. The van der Waals surface area contributed by atoms with Gasteiger partial charge in [0.25, 0.3) is 0 Å². The molecule has 3 N–H and O–H groups in total. The van der Waals surface area contributed by atoms with Crippen LogP contribution in [0.15, 0.2) is 24.4 Å². The number of amides is 1. The van der Waals surface area contributed by atoms with Crippen molar-refractivity contribution in [3.05, 3.63) is 30.1 Å². The second-order valence-corrected chi connectivity index (χ2v) is 5.11. The van der Waals surface area contributed by atoms with Gasteiger partial charge in [-0.15, -0.1) is 0 Å². The van der Waals surface area contributed by atoms with E-state index in [1.54, 1.807) is 6.20 Å². The maximum absolute atomic E-state index is 12.1. The van der Waals surface area contributed by atoms with Gasteiger partial charge in [0.15, 0.2) is 0 Å². The Morgan fingerprint density at radius 1 is 1.50 bits per heavy atom. The number of nitrogens with two attached hydrogens (primary N) is 1. The molecule has 0 saturated heterocycles. The first-order chi connectivity index (χ1) is 8.66. The summed E-state index contributed by atoms with van der Waals surface area (Å²) in [5.41, 5.74) is 6.81. The zero-order valence-electron chi connectivity index (χ0n) is 10.8. The van der Waals surface area contributed by atoms with Crippen molar-refractivity contribution < 1.29 is 4.79 Å². The molecule has 1 amide bonds. The molecule has 3 unspecified atom stereocenters. The number of hydrogen-bond donors (Lipinski definition) is 2. The SMILES string of the molecule is CC(NC(=O)C1CCCC(N)C1)c1ccccn1. The number of carbonyl (C=O) groups excluding carboxylic acids is 1. The molecule has 1 aromatic rings. The summed E-state index contributed by atoms with van der Waals surface area (Å²) >= 11 is 0. The molecule has 0 aliphatic heterocycles. The first-order valence-electron chi connectivity index (χ1n) is 6.63. The zero-order chi connectivity index (χ0) is 13.0. The molecule has 18 heavy (non-hydrogen) atoms. The van der Waals surface area contributed by atoms with E-state index in [2.05, 4.69) is 10.3 Å². The van der Waals surface area contributed by atoms with Crippen LogP contribution in [0, 0.1) is 5.92 Å². The van der Waals surface area contributed by atoms with Crippen molar-refractivity contribution in [2.45, 2.75) is 44.7 Å². The summed E-state index contributed by atoms with van der Waals surface area (Å²) < 4.78 is 0. The van der Waals surface area contributed by atoms with E-state index >= 15 is 0 Å². The molecular weight excluding hydrogens is 226 g/mol. The van der Waals surface area contributed by atoms with Gasteiger partial charge in [-0.3, -0.25) is 9.78 Å². The lowest BCUT2D eigenvalue weighted by Crippen LogP contribution is -2.38. The van der Waals surface area contributed by atoms with Gasteiger partial charge < -0.3 is 11.1 Å². The molecule has 0 aromatic carbocycles. The lowest BCUT2D eigenvalue weighted by atomic mass is 9.85. The third kappa shape index (κ3) is 3.29. The highest BCUT2D eigenvalue weighted by Crippen LogP contribution is 2.24. The van der Waals surface area contributed by atoms with Gasteiger partial charge in [-0.05, 0) is 38.3 Å². The molecule has 1 aromatic heterocycles. The van der Waals surface area contributed by atoms with Crippen LogP contribution in [0.5, 0.6) is 0 Å². The third-order valence-corrected chi connectivity index (χ3v) is 3.58. The first kappa shape index (κ1) is 13.0. The van der Waals surface area contributed by atoms with Gasteiger partial charge in [-0.2, -0.15) is 0 Å². The smallest absolute Gasteiger partial charge is 0.223 e. The van der Waals surface area contributed by atoms with Crippen LogP contribution in [0.4, 0.5) is 0 Å². The highest BCUT2D eigenvalue weighted by Gasteiger charge is 2.26. The molecule has 98 valence electrons. The molecule has 2 rings (SSSR count). The fourth-order valence-electron chi connectivity index (χ4n) is 2.50. The Morgan fingerprint density at radius 3 is 3.00 bits per heavy atom. The van der Waals surface area contributed by atoms with Crippen LogP contribution < -0.4 is 11.1 Å². The van der Waals surface area contributed by atoms with Gasteiger partial charge in [-0.25, -0.2) is 0 Å². The van der Waals surface area contributed by atoms with Crippen molar-refractivity contribution in [2.24, 2.45) is 11.7 Å². The van der Waals surface area contributed by atoms with Crippen molar-refractivity contribution in [3.8, 4) is 0 Å². The van der Waals surface area contributed by atoms with Crippen LogP contribution in [0.3, 0.4) is 0 Å². The van der Waals surface area contributed by atoms with E-state index in [9.17, 15) is 4.79 Å². The van der Waals surface area contributed by atoms with E-state index in [0.717, 1.165) is 31.4 Å². The zero-order valence-corrected chi connectivity index (χ0v) is 10.8.